The number of sulfone groups is 1. The summed E-state index contributed by atoms with van der Waals surface area (Å²) >= 11 is 1.61. The summed E-state index contributed by atoms with van der Waals surface area (Å²) < 4.78 is 24.0. The SMILES string of the molecule is O=C(CN1CCN(C/C=C/c2ccccc2)CC1)N(Cc1cccs1)C1CCS(=O)(=O)C1. The van der Waals surface area contributed by atoms with Crippen molar-refractivity contribution in [3.05, 3.63) is 64.4 Å². The molecule has 1 amide bonds. The van der Waals surface area contributed by atoms with E-state index in [1.807, 2.05) is 40.6 Å². The van der Waals surface area contributed by atoms with E-state index in [4.69, 9.17) is 0 Å². The molecule has 1 unspecified atom stereocenters. The van der Waals surface area contributed by atoms with Crippen LogP contribution in [0.25, 0.3) is 6.08 Å². The Morgan fingerprint density at radius 3 is 2.47 bits per heavy atom. The van der Waals surface area contributed by atoms with Crippen molar-refractivity contribution in [2.24, 2.45) is 0 Å². The number of carbonyl (C=O) groups is 1. The molecule has 0 aliphatic carbocycles. The van der Waals surface area contributed by atoms with Gasteiger partial charge in [0, 0.05) is 43.6 Å². The fourth-order valence-corrected chi connectivity index (χ4v) is 6.76. The van der Waals surface area contributed by atoms with Crippen LogP contribution < -0.4 is 0 Å². The van der Waals surface area contributed by atoms with Gasteiger partial charge < -0.3 is 4.90 Å². The van der Waals surface area contributed by atoms with E-state index in [-0.39, 0.29) is 23.5 Å². The van der Waals surface area contributed by atoms with Crippen molar-refractivity contribution in [1.29, 1.82) is 0 Å². The number of nitrogens with zero attached hydrogens (tertiary/aromatic N) is 3. The van der Waals surface area contributed by atoms with Gasteiger partial charge in [-0.1, -0.05) is 48.6 Å². The van der Waals surface area contributed by atoms with Gasteiger partial charge in [0.05, 0.1) is 24.6 Å². The Hall–Kier alpha value is -2.00. The van der Waals surface area contributed by atoms with Crippen LogP contribution in [0.2, 0.25) is 0 Å². The largest absolute Gasteiger partial charge is 0.332 e. The van der Waals surface area contributed by atoms with Crippen LogP contribution in [0.3, 0.4) is 0 Å². The van der Waals surface area contributed by atoms with E-state index < -0.39 is 9.84 Å². The second-order valence-electron chi connectivity index (χ2n) is 8.55. The lowest BCUT2D eigenvalue weighted by Gasteiger charge is -2.36. The monoisotopic (exact) mass is 473 g/mol. The zero-order valence-electron chi connectivity index (χ0n) is 18.3. The molecule has 0 saturated carbocycles. The first-order valence-electron chi connectivity index (χ1n) is 11.2. The van der Waals surface area contributed by atoms with Crippen LogP contribution in [0.15, 0.2) is 53.9 Å². The maximum atomic E-state index is 13.2. The van der Waals surface area contributed by atoms with Gasteiger partial charge in [-0.15, -0.1) is 11.3 Å². The summed E-state index contributed by atoms with van der Waals surface area (Å²) in [4.78, 5) is 20.7. The molecule has 172 valence electrons. The van der Waals surface area contributed by atoms with Crippen LogP contribution in [0.5, 0.6) is 0 Å². The van der Waals surface area contributed by atoms with Gasteiger partial charge in [0.2, 0.25) is 5.91 Å². The molecule has 1 aromatic carbocycles. The molecule has 0 N–H and O–H groups in total. The molecule has 2 fully saturated rings. The molecule has 4 rings (SSSR count). The molecule has 3 heterocycles. The molecule has 0 radical (unpaired) electrons. The first-order chi connectivity index (χ1) is 15.5. The Balaban J connectivity index is 1.28. The Kier molecular flexibility index (Phi) is 7.78. The highest BCUT2D eigenvalue weighted by Gasteiger charge is 2.35. The second-order valence-corrected chi connectivity index (χ2v) is 11.8. The summed E-state index contributed by atoms with van der Waals surface area (Å²) in [6, 6.07) is 14.1. The van der Waals surface area contributed by atoms with Gasteiger partial charge in [-0.25, -0.2) is 8.42 Å². The van der Waals surface area contributed by atoms with Crippen molar-refractivity contribution in [1.82, 2.24) is 14.7 Å². The smallest absolute Gasteiger partial charge is 0.237 e. The number of hydrogen-bond donors (Lipinski definition) is 0. The second kappa shape index (κ2) is 10.7. The maximum Gasteiger partial charge on any atom is 0.237 e. The number of hydrogen-bond acceptors (Lipinski definition) is 6. The van der Waals surface area contributed by atoms with E-state index in [1.54, 1.807) is 11.3 Å². The standard InChI is InChI=1S/C24H31N3O3S2/c28-24(27(18-23-9-5-16-31-23)22-10-17-32(29,30)20-22)19-26-14-12-25(13-15-26)11-4-8-21-6-2-1-3-7-21/h1-9,16,22H,10-15,17-20H2/b8-4+. The van der Waals surface area contributed by atoms with Gasteiger partial charge in [-0.05, 0) is 23.4 Å². The van der Waals surface area contributed by atoms with E-state index in [9.17, 15) is 13.2 Å². The lowest BCUT2D eigenvalue weighted by atomic mass is 10.2. The number of amides is 1. The van der Waals surface area contributed by atoms with Gasteiger partial charge >= 0.3 is 0 Å². The van der Waals surface area contributed by atoms with Gasteiger partial charge in [0.1, 0.15) is 0 Å². The third-order valence-electron chi connectivity index (χ3n) is 6.17. The van der Waals surface area contributed by atoms with Crippen molar-refractivity contribution < 1.29 is 13.2 Å². The third-order valence-corrected chi connectivity index (χ3v) is 8.78. The highest BCUT2D eigenvalue weighted by molar-refractivity contribution is 7.91. The maximum absolute atomic E-state index is 13.2. The predicted octanol–water partition coefficient (Wildman–Crippen LogP) is 2.59. The van der Waals surface area contributed by atoms with Gasteiger partial charge in [-0.2, -0.15) is 0 Å². The zero-order valence-corrected chi connectivity index (χ0v) is 19.9. The summed E-state index contributed by atoms with van der Waals surface area (Å²) in [6.07, 6.45) is 4.88. The Morgan fingerprint density at radius 2 is 1.81 bits per heavy atom. The van der Waals surface area contributed by atoms with Crippen LogP contribution >= 0.6 is 11.3 Å². The lowest BCUT2D eigenvalue weighted by Crippen LogP contribution is -2.51. The van der Waals surface area contributed by atoms with Crippen molar-refractivity contribution >= 4 is 33.2 Å². The number of thiophene rings is 1. The fraction of sp³-hybridized carbons (Fsp3) is 0.458. The molecule has 0 spiro atoms. The van der Waals surface area contributed by atoms with Crippen molar-refractivity contribution in [3.8, 4) is 0 Å². The highest BCUT2D eigenvalue weighted by atomic mass is 32.2. The molecule has 2 aromatic rings. The molecule has 8 heteroatoms. The number of benzene rings is 1. The first-order valence-corrected chi connectivity index (χ1v) is 13.9. The summed E-state index contributed by atoms with van der Waals surface area (Å²) in [5, 5.41) is 1.99. The van der Waals surface area contributed by atoms with Gasteiger partial charge in [-0.3, -0.25) is 14.6 Å². The average Bonchev–Trinajstić information content (AvgIpc) is 3.43. The van der Waals surface area contributed by atoms with Crippen molar-refractivity contribution in [3.63, 3.8) is 0 Å². The number of piperazine rings is 1. The fourth-order valence-electron chi connectivity index (χ4n) is 4.33. The minimum absolute atomic E-state index is 0.0397. The topological polar surface area (TPSA) is 60.9 Å². The average molecular weight is 474 g/mol. The summed E-state index contributed by atoms with van der Waals surface area (Å²) in [7, 11) is -3.04. The Bertz CT molecular complexity index is 998. The summed E-state index contributed by atoms with van der Waals surface area (Å²) in [5.41, 5.74) is 1.21. The van der Waals surface area contributed by atoms with Crippen LogP contribution in [-0.4, -0.2) is 85.8 Å². The molecule has 2 saturated heterocycles. The van der Waals surface area contributed by atoms with Crippen molar-refractivity contribution in [2.75, 3.05) is 50.8 Å². The van der Waals surface area contributed by atoms with E-state index in [1.165, 1.54) is 5.56 Å². The number of rotatable bonds is 8. The molecular weight excluding hydrogens is 442 g/mol. The van der Waals surface area contributed by atoms with E-state index in [0.29, 0.717) is 19.5 Å². The minimum Gasteiger partial charge on any atom is -0.332 e. The van der Waals surface area contributed by atoms with Crippen molar-refractivity contribution in [2.45, 2.75) is 19.0 Å². The quantitative estimate of drug-likeness (QED) is 0.590. The molecule has 2 aliphatic heterocycles. The Morgan fingerprint density at radius 1 is 1.06 bits per heavy atom. The van der Waals surface area contributed by atoms with Crippen LogP contribution in [-0.2, 0) is 21.2 Å². The van der Waals surface area contributed by atoms with Crippen LogP contribution in [0.4, 0.5) is 0 Å². The van der Waals surface area contributed by atoms with Crippen LogP contribution in [0.1, 0.15) is 16.9 Å². The van der Waals surface area contributed by atoms with Gasteiger partial charge in [0.15, 0.2) is 9.84 Å². The normalized spacial score (nSPS) is 21.8. The molecule has 2 aliphatic rings. The molecule has 6 nitrogen and oxygen atoms in total. The third kappa shape index (κ3) is 6.51. The highest BCUT2D eigenvalue weighted by Crippen LogP contribution is 2.22. The summed E-state index contributed by atoms with van der Waals surface area (Å²) in [5.74, 6) is 0.310. The Labute approximate surface area is 195 Å². The van der Waals surface area contributed by atoms with E-state index in [0.717, 1.165) is 37.6 Å². The minimum atomic E-state index is -3.04. The molecular formula is C24H31N3O3S2. The molecule has 1 aromatic heterocycles. The van der Waals surface area contributed by atoms with E-state index >= 15 is 0 Å². The predicted molar refractivity (Wildman–Crippen MR) is 130 cm³/mol. The van der Waals surface area contributed by atoms with Crippen LogP contribution in [0, 0.1) is 0 Å². The zero-order chi connectivity index (χ0) is 22.4. The molecule has 0 bridgehead atoms. The van der Waals surface area contributed by atoms with E-state index in [2.05, 4.69) is 34.1 Å². The summed E-state index contributed by atoms with van der Waals surface area (Å²) in [6.45, 7) is 5.31. The molecule has 32 heavy (non-hydrogen) atoms. The first kappa shape index (κ1) is 23.2. The number of carbonyl (C=O) groups excluding carboxylic acids is 1. The molecule has 1 atom stereocenters. The van der Waals surface area contributed by atoms with Gasteiger partial charge in [0.25, 0.3) is 0 Å². The lowest BCUT2D eigenvalue weighted by molar-refractivity contribution is -0.135.